The number of nitrogens with zero attached hydrogens (tertiary/aromatic N) is 2. The standard InChI is InChI=1S/C19H18N2O3/c1-3-24-15-10-8-14(9-11-15)18-12-16(19(22)23)20-21(18)17-7-5-4-6-13(17)2/h4-12H,3H2,1-2H3,(H,22,23). The van der Waals surface area contributed by atoms with Gasteiger partial charge in [0.25, 0.3) is 0 Å². The first-order valence-corrected chi connectivity index (χ1v) is 7.72. The minimum absolute atomic E-state index is 0.0159. The Labute approximate surface area is 140 Å². The molecule has 1 aromatic heterocycles. The van der Waals surface area contributed by atoms with Gasteiger partial charge in [0.05, 0.1) is 18.0 Å². The molecule has 5 nitrogen and oxygen atoms in total. The molecule has 0 amide bonds. The molecule has 3 aromatic rings. The van der Waals surface area contributed by atoms with Crippen molar-refractivity contribution in [2.24, 2.45) is 0 Å². The van der Waals surface area contributed by atoms with E-state index in [0.717, 1.165) is 28.3 Å². The van der Waals surface area contributed by atoms with Gasteiger partial charge in [-0.05, 0) is 55.8 Å². The van der Waals surface area contributed by atoms with E-state index < -0.39 is 5.97 Å². The number of aryl methyl sites for hydroxylation is 1. The second-order valence-electron chi connectivity index (χ2n) is 5.38. The first kappa shape index (κ1) is 15.8. The van der Waals surface area contributed by atoms with Crippen molar-refractivity contribution < 1.29 is 14.6 Å². The average molecular weight is 322 g/mol. The number of hydrogen-bond donors (Lipinski definition) is 1. The summed E-state index contributed by atoms with van der Waals surface area (Å²) in [5.41, 5.74) is 3.49. The Balaban J connectivity index is 2.13. The van der Waals surface area contributed by atoms with Gasteiger partial charge >= 0.3 is 5.97 Å². The Hall–Kier alpha value is -3.08. The van der Waals surface area contributed by atoms with Gasteiger partial charge in [0.1, 0.15) is 5.75 Å². The van der Waals surface area contributed by atoms with Gasteiger partial charge in [-0.25, -0.2) is 9.48 Å². The van der Waals surface area contributed by atoms with Gasteiger partial charge in [0, 0.05) is 5.56 Å². The Morgan fingerprint density at radius 1 is 1.17 bits per heavy atom. The predicted octanol–water partition coefficient (Wildman–Crippen LogP) is 3.94. The number of rotatable bonds is 5. The van der Waals surface area contributed by atoms with Crippen molar-refractivity contribution in [1.29, 1.82) is 0 Å². The van der Waals surface area contributed by atoms with Crippen molar-refractivity contribution in [1.82, 2.24) is 9.78 Å². The van der Waals surface area contributed by atoms with Crippen LogP contribution in [0.15, 0.2) is 54.6 Å². The number of aromatic nitrogens is 2. The molecule has 2 aromatic carbocycles. The van der Waals surface area contributed by atoms with Crippen LogP contribution in [0.2, 0.25) is 0 Å². The maximum atomic E-state index is 11.4. The molecule has 122 valence electrons. The summed E-state index contributed by atoms with van der Waals surface area (Å²) < 4.78 is 7.13. The Morgan fingerprint density at radius 2 is 1.88 bits per heavy atom. The fraction of sp³-hybridized carbons (Fsp3) is 0.158. The second-order valence-corrected chi connectivity index (χ2v) is 5.38. The molecule has 0 radical (unpaired) electrons. The summed E-state index contributed by atoms with van der Waals surface area (Å²) in [7, 11) is 0. The van der Waals surface area contributed by atoms with Crippen molar-refractivity contribution in [3.05, 3.63) is 65.9 Å². The lowest BCUT2D eigenvalue weighted by Gasteiger charge is -2.11. The molecule has 0 fully saturated rings. The van der Waals surface area contributed by atoms with Crippen LogP contribution in [0.25, 0.3) is 16.9 Å². The maximum Gasteiger partial charge on any atom is 0.356 e. The Kier molecular flexibility index (Phi) is 4.33. The fourth-order valence-electron chi connectivity index (χ4n) is 2.56. The third-order valence-corrected chi connectivity index (χ3v) is 3.73. The number of para-hydroxylation sites is 1. The monoisotopic (exact) mass is 322 g/mol. The normalized spacial score (nSPS) is 10.6. The van der Waals surface area contributed by atoms with Crippen LogP contribution >= 0.6 is 0 Å². The molecule has 0 saturated heterocycles. The highest BCUT2D eigenvalue weighted by atomic mass is 16.5. The van der Waals surface area contributed by atoms with E-state index in [1.807, 2.05) is 62.4 Å². The SMILES string of the molecule is CCOc1ccc(-c2cc(C(=O)O)nn2-c2ccccc2C)cc1. The van der Waals surface area contributed by atoms with Crippen molar-refractivity contribution in [2.45, 2.75) is 13.8 Å². The summed E-state index contributed by atoms with van der Waals surface area (Å²) in [4.78, 5) is 11.4. The summed E-state index contributed by atoms with van der Waals surface area (Å²) in [6.45, 7) is 4.50. The zero-order valence-electron chi connectivity index (χ0n) is 13.6. The number of carboxylic acids is 1. The molecule has 0 aliphatic heterocycles. The van der Waals surface area contributed by atoms with Crippen LogP contribution in [0.4, 0.5) is 0 Å². The molecule has 0 spiro atoms. The second kappa shape index (κ2) is 6.58. The first-order valence-electron chi connectivity index (χ1n) is 7.72. The molecule has 0 aliphatic carbocycles. The lowest BCUT2D eigenvalue weighted by Crippen LogP contribution is -2.03. The van der Waals surface area contributed by atoms with Crippen molar-refractivity contribution >= 4 is 5.97 Å². The molecule has 1 heterocycles. The summed E-state index contributed by atoms with van der Waals surface area (Å²) in [6.07, 6.45) is 0. The minimum atomic E-state index is -1.05. The largest absolute Gasteiger partial charge is 0.494 e. The fourth-order valence-corrected chi connectivity index (χ4v) is 2.56. The number of carboxylic acid groups (broad SMARTS) is 1. The van der Waals surface area contributed by atoms with E-state index in [2.05, 4.69) is 5.10 Å². The van der Waals surface area contributed by atoms with Crippen LogP contribution in [0.5, 0.6) is 5.75 Å². The van der Waals surface area contributed by atoms with E-state index in [4.69, 9.17) is 4.74 Å². The molecule has 0 saturated carbocycles. The number of aromatic carboxylic acids is 1. The zero-order chi connectivity index (χ0) is 17.1. The van der Waals surface area contributed by atoms with Gasteiger partial charge in [-0.2, -0.15) is 5.10 Å². The quantitative estimate of drug-likeness (QED) is 0.772. The highest BCUT2D eigenvalue weighted by Gasteiger charge is 2.16. The molecular formula is C19H18N2O3. The topological polar surface area (TPSA) is 64.3 Å². The van der Waals surface area contributed by atoms with Crippen LogP contribution in [-0.2, 0) is 0 Å². The van der Waals surface area contributed by atoms with Crippen LogP contribution in [0.3, 0.4) is 0 Å². The molecule has 0 atom stereocenters. The number of hydrogen-bond acceptors (Lipinski definition) is 3. The zero-order valence-corrected chi connectivity index (χ0v) is 13.6. The Bertz CT molecular complexity index is 867. The Morgan fingerprint density at radius 3 is 2.50 bits per heavy atom. The predicted molar refractivity (Wildman–Crippen MR) is 91.9 cm³/mol. The third kappa shape index (κ3) is 3.01. The van der Waals surface area contributed by atoms with Crippen LogP contribution in [0, 0.1) is 6.92 Å². The van der Waals surface area contributed by atoms with Crippen molar-refractivity contribution in [3.63, 3.8) is 0 Å². The van der Waals surface area contributed by atoms with Crippen LogP contribution in [-0.4, -0.2) is 27.5 Å². The summed E-state index contributed by atoms with van der Waals surface area (Å²) in [5, 5.41) is 13.6. The van der Waals surface area contributed by atoms with E-state index in [1.165, 1.54) is 0 Å². The highest BCUT2D eigenvalue weighted by molar-refractivity contribution is 5.87. The molecule has 1 N–H and O–H groups in total. The molecule has 0 unspecified atom stereocenters. The highest BCUT2D eigenvalue weighted by Crippen LogP contribution is 2.27. The molecular weight excluding hydrogens is 304 g/mol. The smallest absolute Gasteiger partial charge is 0.356 e. The van der Waals surface area contributed by atoms with Gasteiger partial charge in [-0.15, -0.1) is 0 Å². The van der Waals surface area contributed by atoms with Crippen molar-refractivity contribution in [2.75, 3.05) is 6.61 Å². The lowest BCUT2D eigenvalue weighted by atomic mass is 10.1. The van der Waals surface area contributed by atoms with Crippen molar-refractivity contribution in [3.8, 4) is 22.7 Å². The summed E-state index contributed by atoms with van der Waals surface area (Å²) in [6, 6.07) is 16.9. The van der Waals surface area contributed by atoms with E-state index in [0.29, 0.717) is 6.61 Å². The number of carbonyl (C=O) groups is 1. The van der Waals surface area contributed by atoms with Gasteiger partial charge in [0.2, 0.25) is 0 Å². The average Bonchev–Trinajstić information content (AvgIpc) is 3.02. The van der Waals surface area contributed by atoms with Gasteiger partial charge in [0.15, 0.2) is 5.69 Å². The number of ether oxygens (including phenoxy) is 1. The molecule has 3 rings (SSSR count). The van der Waals surface area contributed by atoms with Gasteiger partial charge in [-0.3, -0.25) is 0 Å². The molecule has 0 bridgehead atoms. The van der Waals surface area contributed by atoms with Crippen LogP contribution in [0.1, 0.15) is 23.0 Å². The number of benzene rings is 2. The minimum Gasteiger partial charge on any atom is -0.494 e. The van der Waals surface area contributed by atoms with E-state index in [9.17, 15) is 9.90 Å². The van der Waals surface area contributed by atoms with Gasteiger partial charge in [-0.1, -0.05) is 18.2 Å². The first-order chi connectivity index (χ1) is 11.6. The lowest BCUT2D eigenvalue weighted by molar-refractivity contribution is 0.0690. The molecule has 0 aliphatic rings. The van der Waals surface area contributed by atoms with E-state index in [-0.39, 0.29) is 5.69 Å². The van der Waals surface area contributed by atoms with E-state index in [1.54, 1.807) is 10.7 Å². The van der Waals surface area contributed by atoms with E-state index >= 15 is 0 Å². The molecule has 5 heteroatoms. The maximum absolute atomic E-state index is 11.4. The third-order valence-electron chi connectivity index (χ3n) is 3.73. The molecule has 24 heavy (non-hydrogen) atoms. The summed E-state index contributed by atoms with van der Waals surface area (Å²) in [5.74, 6) is -0.267. The van der Waals surface area contributed by atoms with Crippen LogP contribution < -0.4 is 4.74 Å². The van der Waals surface area contributed by atoms with Gasteiger partial charge < -0.3 is 9.84 Å². The summed E-state index contributed by atoms with van der Waals surface area (Å²) >= 11 is 0.